The maximum atomic E-state index is 11.8. The number of benzene rings is 1. The number of nitro groups is 1. The Morgan fingerprint density at radius 1 is 1.41 bits per heavy atom. The zero-order valence-electron chi connectivity index (χ0n) is 11.4. The van der Waals surface area contributed by atoms with E-state index in [1.54, 1.807) is 6.07 Å². The van der Waals surface area contributed by atoms with Crippen molar-refractivity contribution in [3.8, 4) is 0 Å². The summed E-state index contributed by atoms with van der Waals surface area (Å²) in [5, 5.41) is 15.3. The third kappa shape index (κ3) is 4.31. The Balaban J connectivity index is 1.88. The quantitative estimate of drug-likeness (QED) is 0.455. The summed E-state index contributed by atoms with van der Waals surface area (Å²) < 4.78 is 22.8. The molecule has 1 amide bonds. The Morgan fingerprint density at radius 3 is 2.73 bits per heavy atom. The lowest BCUT2D eigenvalue weighted by molar-refractivity contribution is -0.384. The number of non-ortho nitro benzene ring substituents is 1. The molecule has 10 heteroatoms. The molecule has 0 bridgehead atoms. The standard InChI is InChI=1S/C12H14ClN3O5S/c13-10-6-22(20,21)7-11(10)15-12(17)5-14-8-2-1-3-9(4-8)16(18)19/h1-4,10-11,14H,5-7H2,(H,15,17)/t10-,11+/m0/s1. The van der Waals surface area contributed by atoms with Gasteiger partial charge in [-0.05, 0) is 6.07 Å². The van der Waals surface area contributed by atoms with Gasteiger partial charge in [-0.3, -0.25) is 14.9 Å². The zero-order valence-corrected chi connectivity index (χ0v) is 12.9. The highest BCUT2D eigenvalue weighted by Crippen LogP contribution is 2.18. The van der Waals surface area contributed by atoms with Crippen molar-refractivity contribution in [2.24, 2.45) is 0 Å². The highest BCUT2D eigenvalue weighted by atomic mass is 35.5. The van der Waals surface area contributed by atoms with Crippen molar-refractivity contribution in [3.05, 3.63) is 34.4 Å². The predicted molar refractivity (Wildman–Crippen MR) is 81.8 cm³/mol. The van der Waals surface area contributed by atoms with Gasteiger partial charge in [0.25, 0.3) is 5.69 Å². The van der Waals surface area contributed by atoms with Crippen LogP contribution in [-0.2, 0) is 14.6 Å². The number of nitrogens with one attached hydrogen (secondary N) is 2. The molecule has 2 atom stereocenters. The molecule has 1 aliphatic rings. The number of carbonyl (C=O) groups excluding carboxylic acids is 1. The molecule has 1 heterocycles. The summed E-state index contributed by atoms with van der Waals surface area (Å²) in [4.78, 5) is 21.9. The van der Waals surface area contributed by atoms with Gasteiger partial charge in [-0.1, -0.05) is 6.07 Å². The number of amides is 1. The highest BCUT2D eigenvalue weighted by molar-refractivity contribution is 7.91. The molecular weight excluding hydrogens is 334 g/mol. The van der Waals surface area contributed by atoms with E-state index in [1.165, 1.54) is 18.2 Å². The molecule has 2 rings (SSSR count). The van der Waals surface area contributed by atoms with Crippen LogP contribution in [0.1, 0.15) is 0 Å². The van der Waals surface area contributed by atoms with E-state index < -0.39 is 32.1 Å². The van der Waals surface area contributed by atoms with Crippen molar-refractivity contribution in [2.75, 3.05) is 23.4 Å². The van der Waals surface area contributed by atoms with Gasteiger partial charge in [-0.2, -0.15) is 0 Å². The van der Waals surface area contributed by atoms with E-state index in [-0.39, 0.29) is 23.7 Å². The van der Waals surface area contributed by atoms with Crippen LogP contribution in [0, 0.1) is 10.1 Å². The number of hydrogen-bond donors (Lipinski definition) is 2. The minimum absolute atomic E-state index is 0.0897. The van der Waals surface area contributed by atoms with Crippen LogP contribution in [0.4, 0.5) is 11.4 Å². The number of carbonyl (C=O) groups is 1. The van der Waals surface area contributed by atoms with Gasteiger partial charge in [0.05, 0.1) is 34.4 Å². The molecular formula is C12H14ClN3O5S. The van der Waals surface area contributed by atoms with Crippen LogP contribution < -0.4 is 10.6 Å². The minimum atomic E-state index is -3.21. The number of halogens is 1. The van der Waals surface area contributed by atoms with Gasteiger partial charge in [0.2, 0.25) is 5.91 Å². The van der Waals surface area contributed by atoms with E-state index in [2.05, 4.69) is 10.6 Å². The number of sulfone groups is 1. The number of anilines is 1. The maximum Gasteiger partial charge on any atom is 0.271 e. The Kier molecular flexibility index (Phi) is 4.87. The Hall–Kier alpha value is -1.87. The molecule has 1 aliphatic heterocycles. The van der Waals surface area contributed by atoms with Gasteiger partial charge < -0.3 is 10.6 Å². The summed E-state index contributed by atoms with van der Waals surface area (Å²) >= 11 is 5.89. The third-order valence-corrected chi connectivity index (χ3v) is 5.52. The summed E-state index contributed by atoms with van der Waals surface area (Å²) in [6, 6.07) is 5.11. The molecule has 1 aromatic carbocycles. The molecule has 1 saturated heterocycles. The lowest BCUT2D eigenvalue weighted by Gasteiger charge is -2.14. The normalized spacial score (nSPS) is 23.0. The molecule has 22 heavy (non-hydrogen) atoms. The van der Waals surface area contributed by atoms with E-state index in [0.29, 0.717) is 5.69 Å². The van der Waals surface area contributed by atoms with Crippen molar-refractivity contribution >= 4 is 38.7 Å². The largest absolute Gasteiger partial charge is 0.376 e. The summed E-state index contributed by atoms with van der Waals surface area (Å²) in [7, 11) is -3.21. The lowest BCUT2D eigenvalue weighted by atomic mass is 10.2. The molecule has 0 aromatic heterocycles. The van der Waals surface area contributed by atoms with Gasteiger partial charge in [-0.25, -0.2) is 8.42 Å². The first-order valence-electron chi connectivity index (χ1n) is 6.39. The summed E-state index contributed by atoms with van der Waals surface area (Å²) in [6.07, 6.45) is 0. The monoisotopic (exact) mass is 347 g/mol. The molecule has 0 unspecified atom stereocenters. The molecule has 0 spiro atoms. The molecule has 1 aromatic rings. The predicted octanol–water partition coefficient (Wildman–Crippen LogP) is 0.527. The average molecular weight is 348 g/mol. The number of nitrogens with zero attached hydrogens (tertiary/aromatic N) is 1. The zero-order chi connectivity index (χ0) is 16.3. The molecule has 0 radical (unpaired) electrons. The van der Waals surface area contributed by atoms with Crippen LogP contribution in [0.25, 0.3) is 0 Å². The number of hydrogen-bond acceptors (Lipinski definition) is 6. The van der Waals surface area contributed by atoms with Crippen LogP contribution in [-0.4, -0.2) is 48.7 Å². The van der Waals surface area contributed by atoms with Crippen LogP contribution in [0.3, 0.4) is 0 Å². The average Bonchev–Trinajstić information content (AvgIpc) is 2.69. The summed E-state index contributed by atoms with van der Waals surface area (Å²) in [5.74, 6) is -0.763. The van der Waals surface area contributed by atoms with Crippen LogP contribution >= 0.6 is 11.6 Å². The van der Waals surface area contributed by atoms with Gasteiger partial charge in [-0.15, -0.1) is 11.6 Å². The number of nitro benzene ring substituents is 1. The van der Waals surface area contributed by atoms with E-state index in [4.69, 9.17) is 11.6 Å². The number of alkyl halides is 1. The van der Waals surface area contributed by atoms with Crippen LogP contribution in [0.15, 0.2) is 24.3 Å². The molecule has 2 N–H and O–H groups in total. The fourth-order valence-electron chi connectivity index (χ4n) is 2.11. The second kappa shape index (κ2) is 6.49. The van der Waals surface area contributed by atoms with Crippen molar-refractivity contribution in [2.45, 2.75) is 11.4 Å². The van der Waals surface area contributed by atoms with E-state index in [0.717, 1.165) is 0 Å². The van der Waals surface area contributed by atoms with Crippen molar-refractivity contribution in [1.82, 2.24) is 5.32 Å². The Morgan fingerprint density at radius 2 is 2.14 bits per heavy atom. The molecule has 8 nitrogen and oxygen atoms in total. The number of rotatable bonds is 5. The Labute approximate surface area is 131 Å². The molecule has 1 fully saturated rings. The first-order valence-corrected chi connectivity index (χ1v) is 8.65. The van der Waals surface area contributed by atoms with Crippen molar-refractivity contribution < 1.29 is 18.1 Å². The molecule has 0 saturated carbocycles. The fourth-order valence-corrected chi connectivity index (χ4v) is 4.66. The minimum Gasteiger partial charge on any atom is -0.376 e. The van der Waals surface area contributed by atoms with Crippen molar-refractivity contribution in [3.63, 3.8) is 0 Å². The van der Waals surface area contributed by atoms with Crippen molar-refractivity contribution in [1.29, 1.82) is 0 Å². The second-order valence-electron chi connectivity index (χ2n) is 4.93. The van der Waals surface area contributed by atoms with Gasteiger partial charge in [0, 0.05) is 17.8 Å². The summed E-state index contributed by atoms with van der Waals surface area (Å²) in [6.45, 7) is -0.138. The first-order chi connectivity index (χ1) is 10.3. The van der Waals surface area contributed by atoms with Gasteiger partial charge >= 0.3 is 0 Å². The third-order valence-electron chi connectivity index (χ3n) is 3.14. The van der Waals surface area contributed by atoms with Gasteiger partial charge in [0.1, 0.15) is 0 Å². The lowest BCUT2D eigenvalue weighted by Crippen LogP contribution is -2.43. The smallest absolute Gasteiger partial charge is 0.271 e. The highest BCUT2D eigenvalue weighted by Gasteiger charge is 2.37. The maximum absolute atomic E-state index is 11.8. The first kappa shape index (κ1) is 16.5. The van der Waals surface area contributed by atoms with Crippen LogP contribution in [0.2, 0.25) is 0 Å². The van der Waals surface area contributed by atoms with Crippen LogP contribution in [0.5, 0.6) is 0 Å². The van der Waals surface area contributed by atoms with E-state index in [1.807, 2.05) is 0 Å². The van der Waals surface area contributed by atoms with E-state index >= 15 is 0 Å². The molecule has 120 valence electrons. The van der Waals surface area contributed by atoms with E-state index in [9.17, 15) is 23.3 Å². The second-order valence-corrected chi connectivity index (χ2v) is 7.64. The fraction of sp³-hybridized carbons (Fsp3) is 0.417. The Bertz CT molecular complexity index is 694. The topological polar surface area (TPSA) is 118 Å². The summed E-state index contributed by atoms with van der Waals surface area (Å²) in [5.41, 5.74) is 0.332. The molecule has 0 aliphatic carbocycles. The SMILES string of the molecule is O=C(CNc1cccc([N+](=O)[O-])c1)N[C@@H]1CS(=O)(=O)C[C@@H]1Cl. The van der Waals surface area contributed by atoms with Gasteiger partial charge in [0.15, 0.2) is 9.84 Å².